The number of thiophene rings is 1. The van der Waals surface area contributed by atoms with Gasteiger partial charge in [-0.15, -0.1) is 11.3 Å². The molecule has 1 N–H and O–H groups in total. The Kier molecular flexibility index (Phi) is 3.39. The normalized spacial score (nSPS) is 34.7. The molecular formula is C15H22N2OS. The first-order valence-electron chi connectivity index (χ1n) is 7.24. The molecule has 1 amide bonds. The van der Waals surface area contributed by atoms with E-state index in [0.717, 1.165) is 25.2 Å². The summed E-state index contributed by atoms with van der Waals surface area (Å²) in [6, 6.07) is 4.76. The molecule has 3 nitrogen and oxygen atoms in total. The molecule has 0 radical (unpaired) electrons. The molecule has 2 fully saturated rings. The molecular weight excluding hydrogens is 256 g/mol. The highest BCUT2D eigenvalue weighted by Gasteiger charge is 2.45. The molecule has 1 saturated heterocycles. The lowest BCUT2D eigenvalue weighted by molar-refractivity contribution is -0.135. The Morgan fingerprint density at radius 3 is 2.68 bits per heavy atom. The van der Waals surface area contributed by atoms with E-state index in [9.17, 15) is 4.79 Å². The van der Waals surface area contributed by atoms with Crippen LogP contribution in [0.15, 0.2) is 12.1 Å². The molecule has 0 bridgehead atoms. The van der Waals surface area contributed by atoms with Gasteiger partial charge >= 0.3 is 0 Å². The van der Waals surface area contributed by atoms with Gasteiger partial charge in [0.05, 0.1) is 6.04 Å². The van der Waals surface area contributed by atoms with Gasteiger partial charge in [-0.3, -0.25) is 10.1 Å². The summed E-state index contributed by atoms with van der Waals surface area (Å²) in [7, 11) is 0. The summed E-state index contributed by atoms with van der Waals surface area (Å²) in [6.45, 7) is 6.48. The minimum atomic E-state index is 0.00307. The fourth-order valence-electron chi connectivity index (χ4n) is 3.24. The average molecular weight is 278 g/mol. The third-order valence-corrected chi connectivity index (χ3v) is 5.42. The fourth-order valence-corrected chi connectivity index (χ4v) is 4.18. The summed E-state index contributed by atoms with van der Waals surface area (Å²) >= 11 is 1.80. The van der Waals surface area contributed by atoms with Gasteiger partial charge in [-0.2, -0.15) is 0 Å². The molecule has 1 saturated carbocycles. The zero-order valence-corrected chi connectivity index (χ0v) is 12.7. The fraction of sp³-hybridized carbons (Fsp3) is 0.667. The maximum absolute atomic E-state index is 12.5. The van der Waals surface area contributed by atoms with E-state index in [-0.39, 0.29) is 12.2 Å². The summed E-state index contributed by atoms with van der Waals surface area (Å²) in [5.74, 6) is 1.07. The summed E-state index contributed by atoms with van der Waals surface area (Å²) in [5.41, 5.74) is 0. The van der Waals surface area contributed by atoms with Crippen LogP contribution < -0.4 is 5.32 Å². The van der Waals surface area contributed by atoms with Crippen LogP contribution in [-0.4, -0.2) is 22.9 Å². The Morgan fingerprint density at radius 1 is 1.42 bits per heavy atom. The zero-order chi connectivity index (χ0) is 13.6. The first-order valence-corrected chi connectivity index (χ1v) is 8.06. The molecule has 1 aliphatic carbocycles. The summed E-state index contributed by atoms with van der Waals surface area (Å²) < 4.78 is 0. The van der Waals surface area contributed by atoms with E-state index in [1.807, 2.05) is 0 Å². The van der Waals surface area contributed by atoms with E-state index >= 15 is 0 Å². The topological polar surface area (TPSA) is 32.3 Å². The predicted molar refractivity (Wildman–Crippen MR) is 78.0 cm³/mol. The van der Waals surface area contributed by atoms with Crippen molar-refractivity contribution >= 4 is 17.2 Å². The third kappa shape index (κ3) is 2.21. The minimum absolute atomic E-state index is 0.00307. The second kappa shape index (κ2) is 4.91. The molecule has 1 aliphatic heterocycles. The summed E-state index contributed by atoms with van der Waals surface area (Å²) in [4.78, 5) is 17.3. The first kappa shape index (κ1) is 13.1. The number of carbonyl (C=O) groups is 1. The number of hydrogen-bond donors (Lipinski definition) is 1. The molecule has 0 spiro atoms. The maximum atomic E-state index is 12.5. The summed E-state index contributed by atoms with van der Waals surface area (Å²) in [6.07, 6.45) is 3.29. The van der Waals surface area contributed by atoms with Gasteiger partial charge in [0.1, 0.15) is 6.17 Å². The Balaban J connectivity index is 1.86. The second-order valence-corrected chi connectivity index (χ2v) is 7.27. The van der Waals surface area contributed by atoms with Crippen molar-refractivity contribution in [3.8, 4) is 0 Å². The molecule has 2 unspecified atom stereocenters. The maximum Gasteiger partial charge on any atom is 0.241 e. The number of rotatable bonds is 3. The zero-order valence-electron chi connectivity index (χ0n) is 11.8. The van der Waals surface area contributed by atoms with E-state index in [0.29, 0.717) is 11.9 Å². The van der Waals surface area contributed by atoms with E-state index in [4.69, 9.17) is 0 Å². The number of amides is 1. The molecule has 4 heteroatoms. The van der Waals surface area contributed by atoms with E-state index in [2.05, 4.69) is 43.1 Å². The smallest absolute Gasteiger partial charge is 0.241 e. The standard InChI is InChI=1S/C15H22N2OS/c1-4-12-15(18)17(11-7-9(2)8-11)14(16-12)13-6-5-10(3)19-13/h5-6,9,11-12,14,16H,4,7-8H2,1-3H3. The van der Waals surface area contributed by atoms with Gasteiger partial charge in [-0.25, -0.2) is 0 Å². The Hall–Kier alpha value is -0.870. The lowest BCUT2D eigenvalue weighted by atomic mass is 9.80. The van der Waals surface area contributed by atoms with Crippen molar-refractivity contribution in [1.82, 2.24) is 10.2 Å². The lowest BCUT2D eigenvalue weighted by Gasteiger charge is -2.42. The van der Waals surface area contributed by atoms with Crippen molar-refractivity contribution in [1.29, 1.82) is 0 Å². The van der Waals surface area contributed by atoms with Crippen LogP contribution in [0.1, 0.15) is 49.0 Å². The molecule has 2 heterocycles. The second-order valence-electron chi connectivity index (χ2n) is 5.95. The minimum Gasteiger partial charge on any atom is -0.318 e. The van der Waals surface area contributed by atoms with Crippen LogP contribution in [0.4, 0.5) is 0 Å². The van der Waals surface area contributed by atoms with Crippen LogP contribution in [0.2, 0.25) is 0 Å². The number of nitrogens with one attached hydrogen (secondary N) is 1. The van der Waals surface area contributed by atoms with Crippen LogP contribution in [-0.2, 0) is 4.79 Å². The van der Waals surface area contributed by atoms with Gasteiger partial charge in [-0.1, -0.05) is 13.8 Å². The monoisotopic (exact) mass is 278 g/mol. The van der Waals surface area contributed by atoms with Gasteiger partial charge in [0, 0.05) is 15.8 Å². The molecule has 2 aliphatic rings. The van der Waals surface area contributed by atoms with Crippen LogP contribution in [0.25, 0.3) is 0 Å². The third-order valence-electron chi connectivity index (χ3n) is 4.37. The number of hydrogen-bond acceptors (Lipinski definition) is 3. The number of carbonyl (C=O) groups excluding carboxylic acids is 1. The van der Waals surface area contributed by atoms with Crippen LogP contribution in [0.5, 0.6) is 0 Å². The van der Waals surface area contributed by atoms with E-state index in [1.165, 1.54) is 9.75 Å². The molecule has 3 rings (SSSR count). The van der Waals surface area contributed by atoms with Gasteiger partial charge in [-0.05, 0) is 44.2 Å². The van der Waals surface area contributed by atoms with Crippen molar-refractivity contribution in [2.75, 3.05) is 0 Å². The first-order chi connectivity index (χ1) is 9.10. The largest absolute Gasteiger partial charge is 0.318 e. The van der Waals surface area contributed by atoms with Crippen LogP contribution in [0, 0.1) is 12.8 Å². The van der Waals surface area contributed by atoms with E-state index < -0.39 is 0 Å². The average Bonchev–Trinajstić information content (AvgIpc) is 2.89. The van der Waals surface area contributed by atoms with Gasteiger partial charge in [0.15, 0.2) is 0 Å². The predicted octanol–water partition coefficient (Wildman–Crippen LogP) is 3.06. The van der Waals surface area contributed by atoms with Crippen molar-refractivity contribution in [3.63, 3.8) is 0 Å². The SMILES string of the molecule is CCC1NC(c2ccc(C)s2)N(C2CC(C)C2)C1=O. The quantitative estimate of drug-likeness (QED) is 0.921. The Bertz CT molecular complexity index is 478. The number of aryl methyl sites for hydroxylation is 1. The Labute approximate surface area is 119 Å². The van der Waals surface area contributed by atoms with Gasteiger partial charge in [0.25, 0.3) is 0 Å². The van der Waals surface area contributed by atoms with Crippen molar-refractivity contribution < 1.29 is 4.79 Å². The molecule has 0 aromatic carbocycles. The lowest BCUT2D eigenvalue weighted by Crippen LogP contribution is -2.46. The summed E-state index contributed by atoms with van der Waals surface area (Å²) in [5, 5.41) is 3.52. The highest BCUT2D eigenvalue weighted by Crippen LogP contribution is 2.40. The van der Waals surface area contributed by atoms with E-state index in [1.54, 1.807) is 11.3 Å². The van der Waals surface area contributed by atoms with Gasteiger partial charge in [0.2, 0.25) is 5.91 Å². The number of nitrogens with zero attached hydrogens (tertiary/aromatic N) is 1. The highest BCUT2D eigenvalue weighted by atomic mass is 32.1. The molecule has 1 aromatic rings. The van der Waals surface area contributed by atoms with Gasteiger partial charge < -0.3 is 4.90 Å². The van der Waals surface area contributed by atoms with Crippen LogP contribution >= 0.6 is 11.3 Å². The molecule has 1 aromatic heterocycles. The molecule has 2 atom stereocenters. The Morgan fingerprint density at radius 2 is 2.16 bits per heavy atom. The van der Waals surface area contributed by atoms with Crippen molar-refractivity contribution in [3.05, 3.63) is 21.9 Å². The van der Waals surface area contributed by atoms with Crippen LogP contribution in [0.3, 0.4) is 0 Å². The highest BCUT2D eigenvalue weighted by molar-refractivity contribution is 7.12. The molecule has 104 valence electrons. The van der Waals surface area contributed by atoms with Crippen molar-refractivity contribution in [2.24, 2.45) is 5.92 Å². The van der Waals surface area contributed by atoms with Crippen molar-refractivity contribution in [2.45, 2.75) is 58.3 Å². The molecule has 19 heavy (non-hydrogen) atoms.